The minimum Gasteiger partial charge on any atom is -0.460 e. The molecule has 0 radical (unpaired) electrons. The van der Waals surface area contributed by atoms with Crippen molar-refractivity contribution < 1.29 is 24.2 Å². The summed E-state index contributed by atoms with van der Waals surface area (Å²) >= 11 is 0. The van der Waals surface area contributed by atoms with Gasteiger partial charge in [0, 0.05) is 24.2 Å². The average Bonchev–Trinajstić information content (AvgIpc) is 3.52. The Morgan fingerprint density at radius 2 is 1.75 bits per heavy atom. The molecule has 2 aromatic carbocycles. The van der Waals surface area contributed by atoms with Gasteiger partial charge in [0.2, 0.25) is 5.91 Å². The Morgan fingerprint density at radius 3 is 2.42 bits per heavy atom. The number of aliphatic hydroxyl groups is 1. The van der Waals surface area contributed by atoms with E-state index in [-0.39, 0.29) is 29.1 Å². The van der Waals surface area contributed by atoms with Gasteiger partial charge in [-0.15, -0.1) is 0 Å². The van der Waals surface area contributed by atoms with Crippen molar-refractivity contribution >= 4 is 17.4 Å². The number of amides is 1. The molecular weight excluding hydrogens is 502 g/mol. The third kappa shape index (κ3) is 3.41. The van der Waals surface area contributed by atoms with Crippen LogP contribution in [0, 0.1) is 22.2 Å². The summed E-state index contributed by atoms with van der Waals surface area (Å²) in [5.41, 5.74) is 2.24. The highest BCUT2D eigenvalue weighted by atomic mass is 16.6. The molecule has 6 nitrogen and oxygen atoms in total. The van der Waals surface area contributed by atoms with Crippen LogP contribution in [0.15, 0.2) is 61.2 Å². The lowest BCUT2D eigenvalue weighted by molar-refractivity contribution is -0.172. The molecule has 2 N–H and O–H groups in total. The van der Waals surface area contributed by atoms with Gasteiger partial charge in [-0.05, 0) is 39.5 Å². The lowest BCUT2D eigenvalue weighted by Crippen LogP contribution is -2.53. The standard InChI is InChI=1S/C34H41NO5/c1-20-18-33-32(7)25(17-24(31(32,5)6)34(33,40-33)23-16-12-11-15-22(20)23)39-29(38)28(37)27(21-13-9-8-10-14-21)35-26(36)19-30(2,3)4/h8-16,24-25,27-28,37H,1,17-19H2,2-7H3,(H,35,36)/t24?,25?,27-,28+,32?,33-,34+/m0/s1. The lowest BCUT2D eigenvalue weighted by Gasteiger charge is -2.45. The summed E-state index contributed by atoms with van der Waals surface area (Å²) in [5, 5.41) is 14.3. The molecule has 4 aliphatic rings. The van der Waals surface area contributed by atoms with Crippen molar-refractivity contribution in [3.05, 3.63) is 77.9 Å². The van der Waals surface area contributed by atoms with Gasteiger partial charge in [0.1, 0.15) is 17.3 Å². The quantitative estimate of drug-likeness (QED) is 0.361. The van der Waals surface area contributed by atoms with E-state index in [4.69, 9.17) is 9.47 Å². The topological polar surface area (TPSA) is 88.2 Å². The van der Waals surface area contributed by atoms with E-state index >= 15 is 0 Å². The van der Waals surface area contributed by atoms with Gasteiger partial charge in [0.25, 0.3) is 0 Å². The van der Waals surface area contributed by atoms with Crippen LogP contribution in [-0.4, -0.2) is 34.8 Å². The van der Waals surface area contributed by atoms with Gasteiger partial charge in [-0.1, -0.05) is 103 Å². The molecule has 6 heteroatoms. The van der Waals surface area contributed by atoms with E-state index in [1.165, 1.54) is 11.1 Å². The molecule has 0 aromatic heterocycles. The number of esters is 1. The van der Waals surface area contributed by atoms with Crippen LogP contribution >= 0.6 is 0 Å². The average molecular weight is 544 g/mol. The summed E-state index contributed by atoms with van der Waals surface area (Å²) in [5.74, 6) is -0.807. The summed E-state index contributed by atoms with van der Waals surface area (Å²) in [6, 6.07) is 16.6. The highest BCUT2D eigenvalue weighted by Crippen LogP contribution is 2.89. The molecule has 40 heavy (non-hydrogen) atoms. The zero-order valence-electron chi connectivity index (χ0n) is 24.4. The van der Waals surface area contributed by atoms with Crippen LogP contribution in [0.4, 0.5) is 0 Å². The second-order valence-electron chi connectivity index (χ2n) is 14.3. The molecule has 3 aliphatic carbocycles. The second kappa shape index (κ2) is 8.53. The van der Waals surface area contributed by atoms with Crippen molar-refractivity contribution in [3.63, 3.8) is 0 Å². The number of epoxide rings is 1. The van der Waals surface area contributed by atoms with E-state index in [0.29, 0.717) is 18.4 Å². The molecule has 0 spiro atoms. The molecule has 3 unspecified atom stereocenters. The maximum atomic E-state index is 13.7. The van der Waals surface area contributed by atoms with Crippen molar-refractivity contribution in [2.75, 3.05) is 0 Å². The number of ether oxygens (including phenoxy) is 2. The summed E-state index contributed by atoms with van der Waals surface area (Å²) in [6.45, 7) is 17.0. The highest BCUT2D eigenvalue weighted by molar-refractivity contribution is 5.81. The molecule has 1 heterocycles. The number of carbonyl (C=O) groups is 2. The Bertz CT molecular complexity index is 1390. The fraction of sp³-hybridized carbons (Fsp3) is 0.529. The molecule has 2 bridgehead atoms. The third-order valence-electron chi connectivity index (χ3n) is 10.7. The number of carbonyl (C=O) groups excluding carboxylic acids is 2. The van der Waals surface area contributed by atoms with Gasteiger partial charge >= 0.3 is 5.97 Å². The van der Waals surface area contributed by atoms with Crippen LogP contribution in [0.1, 0.15) is 83.5 Å². The Labute approximate surface area is 237 Å². The smallest absolute Gasteiger partial charge is 0.337 e. The predicted molar refractivity (Wildman–Crippen MR) is 153 cm³/mol. The first-order valence-electron chi connectivity index (χ1n) is 14.4. The monoisotopic (exact) mass is 543 g/mol. The molecular formula is C34H41NO5. The Morgan fingerprint density at radius 1 is 1.10 bits per heavy atom. The van der Waals surface area contributed by atoms with Crippen LogP contribution in [0.2, 0.25) is 0 Å². The molecule has 1 aliphatic heterocycles. The van der Waals surface area contributed by atoms with Crippen molar-refractivity contribution in [1.29, 1.82) is 0 Å². The molecule has 1 amide bonds. The van der Waals surface area contributed by atoms with Crippen molar-refractivity contribution in [1.82, 2.24) is 5.32 Å². The number of aliphatic hydroxyl groups excluding tert-OH is 1. The first-order valence-corrected chi connectivity index (χ1v) is 14.4. The maximum Gasteiger partial charge on any atom is 0.337 e. The van der Waals surface area contributed by atoms with Crippen molar-refractivity contribution in [3.8, 4) is 0 Å². The summed E-state index contributed by atoms with van der Waals surface area (Å²) in [7, 11) is 0. The maximum absolute atomic E-state index is 13.7. The summed E-state index contributed by atoms with van der Waals surface area (Å²) in [4.78, 5) is 26.6. The number of hydrogen-bond acceptors (Lipinski definition) is 5. The zero-order valence-corrected chi connectivity index (χ0v) is 24.4. The molecule has 6 rings (SSSR count). The molecule has 3 fully saturated rings. The minimum absolute atomic E-state index is 0.144. The van der Waals surface area contributed by atoms with Crippen LogP contribution < -0.4 is 5.32 Å². The number of hydrogen-bond donors (Lipinski definition) is 2. The molecule has 2 aromatic rings. The molecule has 212 valence electrons. The lowest BCUT2D eigenvalue weighted by atomic mass is 9.59. The molecule has 2 saturated carbocycles. The summed E-state index contributed by atoms with van der Waals surface area (Å²) < 4.78 is 13.1. The number of nitrogens with one attached hydrogen (secondary N) is 1. The van der Waals surface area contributed by atoms with Crippen LogP contribution in [0.25, 0.3) is 5.57 Å². The SMILES string of the molecule is C=C1C[C@@]23O[C@]2(c2ccccc21)C1CC(OC(=O)[C@H](O)[C@@H](NC(=O)CC(C)(C)C)c2ccccc2)C3(C)C1(C)C. The fourth-order valence-electron chi connectivity index (χ4n) is 8.61. The Kier molecular flexibility index (Phi) is 5.80. The zero-order chi connectivity index (χ0) is 28.9. The molecule has 1 saturated heterocycles. The van der Waals surface area contributed by atoms with E-state index < -0.39 is 40.8 Å². The summed E-state index contributed by atoms with van der Waals surface area (Å²) in [6.07, 6.45) is -0.391. The fourth-order valence-corrected chi connectivity index (χ4v) is 8.61. The predicted octanol–water partition coefficient (Wildman–Crippen LogP) is 5.70. The van der Waals surface area contributed by atoms with E-state index in [1.807, 2.05) is 45.0 Å². The largest absolute Gasteiger partial charge is 0.460 e. The van der Waals surface area contributed by atoms with E-state index in [1.54, 1.807) is 12.1 Å². The second-order valence-corrected chi connectivity index (χ2v) is 14.3. The normalized spacial score (nSPS) is 34.2. The third-order valence-corrected chi connectivity index (χ3v) is 10.7. The molecule has 7 atom stereocenters. The highest BCUT2D eigenvalue weighted by Gasteiger charge is 2.95. The van der Waals surface area contributed by atoms with Gasteiger partial charge in [-0.25, -0.2) is 4.79 Å². The van der Waals surface area contributed by atoms with Gasteiger partial charge in [-0.3, -0.25) is 4.79 Å². The Balaban J connectivity index is 1.28. The minimum atomic E-state index is -1.55. The van der Waals surface area contributed by atoms with Crippen molar-refractivity contribution in [2.45, 2.75) is 90.3 Å². The van der Waals surface area contributed by atoms with Crippen LogP contribution in [0.5, 0.6) is 0 Å². The first-order chi connectivity index (χ1) is 18.7. The first kappa shape index (κ1) is 27.2. The van der Waals surface area contributed by atoms with Gasteiger partial charge in [-0.2, -0.15) is 0 Å². The van der Waals surface area contributed by atoms with E-state index in [2.05, 4.69) is 50.9 Å². The number of benzene rings is 2. The van der Waals surface area contributed by atoms with Crippen LogP contribution in [-0.2, 0) is 24.7 Å². The van der Waals surface area contributed by atoms with Crippen molar-refractivity contribution in [2.24, 2.45) is 22.2 Å². The van der Waals surface area contributed by atoms with E-state index in [9.17, 15) is 14.7 Å². The number of fused-ring (bicyclic) bond motifs is 3. The number of rotatable bonds is 6. The Hall–Kier alpha value is -2.96. The van der Waals surface area contributed by atoms with Gasteiger partial charge in [0.15, 0.2) is 6.10 Å². The van der Waals surface area contributed by atoms with Gasteiger partial charge < -0.3 is 19.9 Å². The van der Waals surface area contributed by atoms with E-state index in [0.717, 1.165) is 5.57 Å². The van der Waals surface area contributed by atoms with Gasteiger partial charge in [0.05, 0.1) is 6.04 Å². The van der Waals surface area contributed by atoms with Crippen LogP contribution in [0.3, 0.4) is 0 Å².